The molecular formula is C16H16Cl3NO. The molecule has 0 heterocycles. The molecule has 1 atom stereocenters. The monoisotopic (exact) mass is 343 g/mol. The lowest BCUT2D eigenvalue weighted by atomic mass is 10.1. The highest BCUT2D eigenvalue weighted by atomic mass is 35.5. The van der Waals surface area contributed by atoms with E-state index in [-0.39, 0.29) is 6.04 Å². The van der Waals surface area contributed by atoms with E-state index in [0.717, 1.165) is 11.3 Å². The lowest BCUT2D eigenvalue weighted by molar-refractivity contribution is 0.340. The Morgan fingerprint density at radius 3 is 2.38 bits per heavy atom. The smallest absolute Gasteiger partial charge is 0.138 e. The summed E-state index contributed by atoms with van der Waals surface area (Å²) in [5.41, 5.74) is 1.97. The van der Waals surface area contributed by atoms with Crippen LogP contribution in [0.15, 0.2) is 36.4 Å². The van der Waals surface area contributed by atoms with Gasteiger partial charge in [0.05, 0.1) is 21.7 Å². The van der Waals surface area contributed by atoms with Gasteiger partial charge in [0.1, 0.15) is 5.75 Å². The number of halogens is 3. The molecule has 2 aromatic rings. The third-order valence-electron chi connectivity index (χ3n) is 3.06. The van der Waals surface area contributed by atoms with Crippen molar-refractivity contribution in [2.24, 2.45) is 0 Å². The normalized spacial score (nSPS) is 12.0. The van der Waals surface area contributed by atoms with E-state index in [1.165, 1.54) is 0 Å². The highest BCUT2D eigenvalue weighted by molar-refractivity contribution is 6.42. The quantitative estimate of drug-likeness (QED) is 0.695. The minimum absolute atomic E-state index is 0.0776. The predicted octanol–water partition coefficient (Wildman–Crippen LogP) is 6.22. The van der Waals surface area contributed by atoms with Crippen molar-refractivity contribution >= 4 is 40.5 Å². The Morgan fingerprint density at radius 2 is 1.76 bits per heavy atom. The van der Waals surface area contributed by atoms with Crippen molar-refractivity contribution in [2.75, 3.05) is 11.9 Å². The minimum atomic E-state index is 0.0776. The Kier molecular flexibility index (Phi) is 5.63. The third-order valence-corrected chi connectivity index (χ3v) is 4.09. The second kappa shape index (κ2) is 7.26. The molecule has 0 aliphatic heterocycles. The lowest BCUT2D eigenvalue weighted by Crippen LogP contribution is -2.06. The molecule has 0 saturated carbocycles. The first-order valence-electron chi connectivity index (χ1n) is 6.65. The van der Waals surface area contributed by atoms with Crippen molar-refractivity contribution in [3.05, 3.63) is 57.0 Å². The summed E-state index contributed by atoms with van der Waals surface area (Å²) in [4.78, 5) is 0. The van der Waals surface area contributed by atoms with Gasteiger partial charge in [-0.2, -0.15) is 0 Å². The number of rotatable bonds is 5. The topological polar surface area (TPSA) is 21.3 Å². The zero-order chi connectivity index (χ0) is 15.4. The van der Waals surface area contributed by atoms with E-state index in [2.05, 4.69) is 5.32 Å². The van der Waals surface area contributed by atoms with Crippen LogP contribution in [0, 0.1) is 0 Å². The average molecular weight is 345 g/mol. The van der Waals surface area contributed by atoms with E-state index in [1.807, 2.05) is 44.2 Å². The fourth-order valence-corrected chi connectivity index (χ4v) is 2.52. The Morgan fingerprint density at radius 1 is 1.00 bits per heavy atom. The Labute approximate surface area is 140 Å². The van der Waals surface area contributed by atoms with Crippen LogP contribution >= 0.6 is 34.8 Å². The molecule has 0 amide bonds. The lowest BCUT2D eigenvalue weighted by Gasteiger charge is -2.17. The van der Waals surface area contributed by atoms with Gasteiger partial charge in [0, 0.05) is 11.7 Å². The standard InChI is InChI=1S/C16H16Cl3NO/c1-3-21-16-7-5-12(9-15(16)19)20-10(2)11-4-6-13(17)14(18)8-11/h4-10,20H,3H2,1-2H3. The maximum Gasteiger partial charge on any atom is 0.138 e. The highest BCUT2D eigenvalue weighted by Crippen LogP contribution is 2.31. The van der Waals surface area contributed by atoms with E-state index in [0.29, 0.717) is 27.4 Å². The fourth-order valence-electron chi connectivity index (χ4n) is 1.98. The van der Waals surface area contributed by atoms with Gasteiger partial charge < -0.3 is 10.1 Å². The summed E-state index contributed by atoms with van der Waals surface area (Å²) in [6.45, 7) is 4.56. The van der Waals surface area contributed by atoms with Gasteiger partial charge in [-0.05, 0) is 49.7 Å². The Balaban J connectivity index is 2.13. The molecule has 0 bridgehead atoms. The molecule has 0 radical (unpaired) electrons. The van der Waals surface area contributed by atoms with E-state index >= 15 is 0 Å². The SMILES string of the molecule is CCOc1ccc(NC(C)c2ccc(Cl)c(Cl)c2)cc1Cl. The molecule has 0 fully saturated rings. The van der Waals surface area contributed by atoms with Gasteiger partial charge in [0.25, 0.3) is 0 Å². The zero-order valence-electron chi connectivity index (χ0n) is 11.8. The molecule has 1 unspecified atom stereocenters. The molecule has 0 aromatic heterocycles. The van der Waals surface area contributed by atoms with Gasteiger partial charge in [-0.25, -0.2) is 0 Å². The van der Waals surface area contributed by atoms with Crippen LogP contribution in [0.4, 0.5) is 5.69 Å². The van der Waals surface area contributed by atoms with Crippen molar-refractivity contribution in [3.8, 4) is 5.75 Å². The van der Waals surface area contributed by atoms with Crippen LogP contribution in [0.2, 0.25) is 15.1 Å². The second-order valence-corrected chi connectivity index (χ2v) is 5.84. The van der Waals surface area contributed by atoms with Gasteiger partial charge in [-0.1, -0.05) is 40.9 Å². The molecule has 0 aliphatic rings. The summed E-state index contributed by atoms with van der Waals surface area (Å²) >= 11 is 18.2. The first-order chi connectivity index (χ1) is 10.0. The zero-order valence-corrected chi connectivity index (χ0v) is 14.1. The summed E-state index contributed by atoms with van der Waals surface area (Å²) in [6.07, 6.45) is 0. The largest absolute Gasteiger partial charge is 0.492 e. The third kappa shape index (κ3) is 4.19. The number of anilines is 1. The first kappa shape index (κ1) is 16.3. The van der Waals surface area contributed by atoms with Crippen LogP contribution < -0.4 is 10.1 Å². The van der Waals surface area contributed by atoms with Crippen LogP contribution in [-0.2, 0) is 0 Å². The van der Waals surface area contributed by atoms with Crippen molar-refractivity contribution in [1.82, 2.24) is 0 Å². The van der Waals surface area contributed by atoms with E-state index in [1.54, 1.807) is 6.07 Å². The number of benzene rings is 2. The highest BCUT2D eigenvalue weighted by Gasteiger charge is 2.09. The first-order valence-corrected chi connectivity index (χ1v) is 7.78. The Bertz CT molecular complexity index is 631. The molecule has 2 aromatic carbocycles. The average Bonchev–Trinajstić information content (AvgIpc) is 2.45. The molecule has 5 heteroatoms. The van der Waals surface area contributed by atoms with Gasteiger partial charge in [-0.3, -0.25) is 0 Å². The number of hydrogen-bond acceptors (Lipinski definition) is 2. The summed E-state index contributed by atoms with van der Waals surface area (Å²) in [6, 6.07) is 11.3. The van der Waals surface area contributed by atoms with Crippen molar-refractivity contribution in [1.29, 1.82) is 0 Å². The molecule has 2 rings (SSSR count). The van der Waals surface area contributed by atoms with Crippen molar-refractivity contribution in [2.45, 2.75) is 19.9 Å². The van der Waals surface area contributed by atoms with Crippen molar-refractivity contribution < 1.29 is 4.74 Å². The van der Waals surface area contributed by atoms with E-state index in [9.17, 15) is 0 Å². The minimum Gasteiger partial charge on any atom is -0.492 e. The molecular weight excluding hydrogens is 329 g/mol. The van der Waals surface area contributed by atoms with Crippen molar-refractivity contribution in [3.63, 3.8) is 0 Å². The summed E-state index contributed by atoms with van der Waals surface area (Å²) < 4.78 is 5.42. The number of ether oxygens (including phenoxy) is 1. The van der Waals surface area contributed by atoms with Crippen LogP contribution in [0.5, 0.6) is 5.75 Å². The van der Waals surface area contributed by atoms with Gasteiger partial charge in [0.2, 0.25) is 0 Å². The van der Waals surface area contributed by atoms with Crippen LogP contribution in [-0.4, -0.2) is 6.61 Å². The maximum atomic E-state index is 6.18. The van der Waals surface area contributed by atoms with E-state index < -0.39 is 0 Å². The number of nitrogens with one attached hydrogen (secondary N) is 1. The van der Waals surface area contributed by atoms with Gasteiger partial charge in [0.15, 0.2) is 0 Å². The summed E-state index contributed by atoms with van der Waals surface area (Å²) in [7, 11) is 0. The second-order valence-electron chi connectivity index (χ2n) is 4.62. The summed E-state index contributed by atoms with van der Waals surface area (Å²) in [5.74, 6) is 0.687. The van der Waals surface area contributed by atoms with Gasteiger partial charge >= 0.3 is 0 Å². The molecule has 1 N–H and O–H groups in total. The van der Waals surface area contributed by atoms with Crippen LogP contribution in [0.3, 0.4) is 0 Å². The number of hydrogen-bond donors (Lipinski definition) is 1. The Hall–Kier alpha value is -1.09. The molecule has 0 saturated heterocycles. The molecule has 0 aliphatic carbocycles. The van der Waals surface area contributed by atoms with Crippen LogP contribution in [0.25, 0.3) is 0 Å². The maximum absolute atomic E-state index is 6.18. The predicted molar refractivity (Wildman–Crippen MR) is 91.1 cm³/mol. The van der Waals surface area contributed by atoms with Crippen LogP contribution in [0.1, 0.15) is 25.5 Å². The molecule has 2 nitrogen and oxygen atoms in total. The molecule has 0 spiro atoms. The molecule has 21 heavy (non-hydrogen) atoms. The fraction of sp³-hybridized carbons (Fsp3) is 0.250. The van der Waals surface area contributed by atoms with Gasteiger partial charge in [-0.15, -0.1) is 0 Å². The summed E-state index contributed by atoms with van der Waals surface area (Å²) in [5, 5.41) is 5.06. The molecule has 112 valence electrons. The van der Waals surface area contributed by atoms with E-state index in [4.69, 9.17) is 39.5 Å².